The molecule has 3 rings (SSSR count). The van der Waals surface area contributed by atoms with Gasteiger partial charge in [-0.25, -0.2) is 9.07 Å². The van der Waals surface area contributed by atoms with Crippen LogP contribution in [0.15, 0.2) is 55.0 Å². The van der Waals surface area contributed by atoms with E-state index >= 15 is 0 Å². The van der Waals surface area contributed by atoms with E-state index in [0.29, 0.717) is 30.2 Å². The number of aromatic nitrogens is 3. The molecule has 0 bridgehead atoms. The number of hydrogen-bond acceptors (Lipinski definition) is 3. The second-order valence-corrected chi connectivity index (χ2v) is 5.60. The van der Waals surface area contributed by atoms with Crippen molar-refractivity contribution in [3.63, 3.8) is 0 Å². The van der Waals surface area contributed by atoms with Crippen molar-refractivity contribution in [3.05, 3.63) is 66.4 Å². The molecule has 0 aliphatic heterocycles. The molecule has 134 valence electrons. The van der Waals surface area contributed by atoms with Crippen LogP contribution in [0.3, 0.4) is 0 Å². The van der Waals surface area contributed by atoms with Crippen LogP contribution in [0.5, 0.6) is 0 Å². The molecule has 3 aromatic rings. The highest BCUT2D eigenvalue weighted by Gasteiger charge is 2.19. The number of nitrogens with one attached hydrogen (secondary N) is 2. The van der Waals surface area contributed by atoms with Gasteiger partial charge >= 0.3 is 0 Å². The number of halogens is 1. The first-order valence-electron chi connectivity index (χ1n) is 8.06. The highest BCUT2D eigenvalue weighted by atomic mass is 19.1. The number of carbonyl (C=O) groups is 2. The first kappa shape index (κ1) is 17.4. The molecule has 0 aliphatic rings. The Balaban J connectivity index is 1.90. The highest BCUT2D eigenvalue weighted by Crippen LogP contribution is 2.20. The van der Waals surface area contributed by atoms with E-state index in [2.05, 4.69) is 15.7 Å². The molecule has 0 saturated heterocycles. The van der Waals surface area contributed by atoms with Crippen LogP contribution in [-0.2, 0) is 4.79 Å². The van der Waals surface area contributed by atoms with Gasteiger partial charge in [0.2, 0.25) is 5.91 Å². The van der Waals surface area contributed by atoms with Crippen molar-refractivity contribution >= 4 is 11.8 Å². The number of benzene rings is 1. The third-order valence-corrected chi connectivity index (χ3v) is 3.69. The van der Waals surface area contributed by atoms with Crippen molar-refractivity contribution in [1.29, 1.82) is 0 Å². The van der Waals surface area contributed by atoms with E-state index in [4.69, 9.17) is 0 Å². The zero-order valence-corrected chi connectivity index (χ0v) is 14.1. The molecule has 0 saturated carbocycles. The van der Waals surface area contributed by atoms with E-state index in [1.165, 1.54) is 25.3 Å². The summed E-state index contributed by atoms with van der Waals surface area (Å²) in [6, 6.07) is 9.52. The first-order valence-corrected chi connectivity index (χ1v) is 8.06. The van der Waals surface area contributed by atoms with Gasteiger partial charge in [0, 0.05) is 32.4 Å². The fourth-order valence-electron chi connectivity index (χ4n) is 2.51. The topological polar surface area (TPSA) is 81.0 Å². The molecule has 2 aromatic heterocycles. The minimum atomic E-state index is -0.348. The average molecular weight is 355 g/mol. The lowest BCUT2D eigenvalue weighted by Gasteiger charge is -2.11. The fourth-order valence-corrected chi connectivity index (χ4v) is 2.51. The Labute approximate surface area is 149 Å². The fraction of sp³-hybridized carbons (Fsp3) is 0.167. The van der Waals surface area contributed by atoms with Crippen molar-refractivity contribution in [2.75, 3.05) is 13.1 Å². The maximum atomic E-state index is 13.2. The van der Waals surface area contributed by atoms with E-state index < -0.39 is 0 Å². The molecule has 2 amide bonds. The smallest absolute Gasteiger partial charge is 0.256 e. The molecular formula is C18H18FN5O2. The van der Waals surface area contributed by atoms with Gasteiger partial charge in [0.05, 0.1) is 11.9 Å². The van der Waals surface area contributed by atoms with Crippen molar-refractivity contribution in [2.45, 2.75) is 6.92 Å². The molecular weight excluding hydrogens is 337 g/mol. The van der Waals surface area contributed by atoms with E-state index in [0.717, 1.165) is 0 Å². The number of hydrogen-bond donors (Lipinski definition) is 2. The van der Waals surface area contributed by atoms with Crippen molar-refractivity contribution in [3.8, 4) is 11.5 Å². The maximum absolute atomic E-state index is 13.2. The monoisotopic (exact) mass is 355 g/mol. The molecule has 26 heavy (non-hydrogen) atoms. The highest BCUT2D eigenvalue weighted by molar-refractivity contribution is 5.97. The van der Waals surface area contributed by atoms with Crippen molar-refractivity contribution in [1.82, 2.24) is 25.0 Å². The van der Waals surface area contributed by atoms with Crippen molar-refractivity contribution < 1.29 is 14.0 Å². The third-order valence-electron chi connectivity index (χ3n) is 3.69. The lowest BCUT2D eigenvalue weighted by atomic mass is 10.2. The minimum absolute atomic E-state index is 0.156. The first-order chi connectivity index (χ1) is 12.6. The van der Waals surface area contributed by atoms with Gasteiger partial charge in [-0.3, -0.25) is 9.59 Å². The number of carbonyl (C=O) groups excluding carboxylic acids is 2. The van der Waals surface area contributed by atoms with Crippen LogP contribution in [0, 0.1) is 5.82 Å². The predicted molar refractivity (Wildman–Crippen MR) is 93.9 cm³/mol. The lowest BCUT2D eigenvalue weighted by molar-refractivity contribution is -0.118. The standard InChI is InChI=1S/C18H18FN5O2/c1-13(25)20-8-9-21-17(26)16-12-22-24(15-6-4-14(19)5-7-15)18(16)23-10-2-3-11-23/h2-7,10-12H,8-9H2,1H3,(H,20,25)(H,21,26). The Morgan fingerprint density at radius 2 is 1.73 bits per heavy atom. The summed E-state index contributed by atoms with van der Waals surface area (Å²) in [7, 11) is 0. The van der Waals surface area contributed by atoms with E-state index in [1.807, 2.05) is 12.1 Å². The Morgan fingerprint density at radius 1 is 1.08 bits per heavy atom. The summed E-state index contributed by atoms with van der Waals surface area (Å²) < 4.78 is 16.5. The summed E-state index contributed by atoms with van der Waals surface area (Å²) in [5, 5.41) is 9.66. The SMILES string of the molecule is CC(=O)NCCNC(=O)c1cnn(-c2ccc(F)cc2)c1-n1cccc1. The number of amides is 2. The van der Waals surface area contributed by atoms with Gasteiger partial charge < -0.3 is 15.2 Å². The Kier molecular flexibility index (Phi) is 5.12. The molecule has 0 atom stereocenters. The van der Waals surface area contributed by atoms with Gasteiger partial charge in [0.15, 0.2) is 5.82 Å². The Hall–Kier alpha value is -3.42. The molecule has 0 aliphatic carbocycles. The zero-order valence-electron chi connectivity index (χ0n) is 14.1. The Bertz CT molecular complexity index is 900. The molecule has 0 spiro atoms. The van der Waals surface area contributed by atoms with Crippen molar-refractivity contribution in [2.24, 2.45) is 0 Å². The van der Waals surface area contributed by atoms with Crippen LogP contribution in [0.4, 0.5) is 4.39 Å². The van der Waals surface area contributed by atoms with Gasteiger partial charge in [-0.1, -0.05) is 0 Å². The lowest BCUT2D eigenvalue weighted by Crippen LogP contribution is -2.34. The molecule has 7 nitrogen and oxygen atoms in total. The largest absolute Gasteiger partial charge is 0.355 e. The van der Waals surface area contributed by atoms with Crippen LogP contribution in [0.1, 0.15) is 17.3 Å². The van der Waals surface area contributed by atoms with E-state index in [1.54, 1.807) is 33.8 Å². The van der Waals surface area contributed by atoms with Crippen LogP contribution in [0.2, 0.25) is 0 Å². The molecule has 2 N–H and O–H groups in total. The van der Waals surface area contributed by atoms with Gasteiger partial charge in [-0.15, -0.1) is 0 Å². The molecule has 8 heteroatoms. The minimum Gasteiger partial charge on any atom is -0.355 e. The summed E-state index contributed by atoms with van der Waals surface area (Å²) in [5.41, 5.74) is 1.00. The number of nitrogens with zero attached hydrogens (tertiary/aromatic N) is 3. The predicted octanol–water partition coefficient (Wildman–Crippen LogP) is 1.67. The summed E-state index contributed by atoms with van der Waals surface area (Å²) in [5.74, 6) is -0.276. The van der Waals surface area contributed by atoms with Crippen LogP contribution < -0.4 is 10.6 Å². The number of rotatable bonds is 6. The van der Waals surface area contributed by atoms with Gasteiger partial charge in [0.1, 0.15) is 11.4 Å². The van der Waals surface area contributed by atoms with Crippen LogP contribution >= 0.6 is 0 Å². The third kappa shape index (κ3) is 3.80. The molecule has 1 aromatic carbocycles. The summed E-state index contributed by atoms with van der Waals surface area (Å²) >= 11 is 0. The normalized spacial score (nSPS) is 10.5. The van der Waals surface area contributed by atoms with Gasteiger partial charge in [0.25, 0.3) is 5.91 Å². The second-order valence-electron chi connectivity index (χ2n) is 5.60. The zero-order chi connectivity index (χ0) is 18.5. The van der Waals surface area contributed by atoms with E-state index in [-0.39, 0.29) is 17.6 Å². The molecule has 2 heterocycles. The van der Waals surface area contributed by atoms with Crippen LogP contribution in [0.25, 0.3) is 11.5 Å². The quantitative estimate of drug-likeness (QED) is 0.660. The summed E-state index contributed by atoms with van der Waals surface area (Å²) in [4.78, 5) is 23.4. The Morgan fingerprint density at radius 3 is 2.38 bits per heavy atom. The summed E-state index contributed by atoms with van der Waals surface area (Å²) in [6.45, 7) is 2.05. The molecule has 0 fully saturated rings. The second kappa shape index (κ2) is 7.64. The van der Waals surface area contributed by atoms with Crippen LogP contribution in [-0.4, -0.2) is 39.3 Å². The van der Waals surface area contributed by atoms with E-state index in [9.17, 15) is 14.0 Å². The average Bonchev–Trinajstić information content (AvgIpc) is 3.28. The van der Waals surface area contributed by atoms with Gasteiger partial charge in [-0.05, 0) is 36.4 Å². The summed E-state index contributed by atoms with van der Waals surface area (Å²) in [6.07, 6.45) is 5.06. The maximum Gasteiger partial charge on any atom is 0.256 e. The molecule has 0 radical (unpaired) electrons. The van der Waals surface area contributed by atoms with Gasteiger partial charge in [-0.2, -0.15) is 5.10 Å². The molecule has 0 unspecified atom stereocenters.